The van der Waals surface area contributed by atoms with Crippen LogP contribution in [0, 0.1) is 12.7 Å². The number of sulfonamides is 1. The van der Waals surface area contributed by atoms with Crippen LogP contribution in [0.5, 0.6) is 5.75 Å². The highest BCUT2D eigenvalue weighted by atomic mass is 35.5. The van der Waals surface area contributed by atoms with Crippen LogP contribution >= 0.6 is 11.6 Å². The Hall–Kier alpha value is -2.94. The van der Waals surface area contributed by atoms with Gasteiger partial charge in [0.05, 0.1) is 24.6 Å². The summed E-state index contributed by atoms with van der Waals surface area (Å²) in [6.07, 6.45) is 0. The van der Waals surface area contributed by atoms with Gasteiger partial charge in [0.25, 0.3) is 0 Å². The molecular formula is C25H26ClFN2O4S. The second-order valence-corrected chi connectivity index (χ2v) is 10.2. The Labute approximate surface area is 204 Å². The van der Waals surface area contributed by atoms with Crippen LogP contribution in [-0.2, 0) is 21.4 Å². The van der Waals surface area contributed by atoms with Gasteiger partial charge in [0, 0.05) is 17.1 Å². The molecule has 0 spiro atoms. The van der Waals surface area contributed by atoms with Crippen molar-refractivity contribution in [3.8, 4) is 5.75 Å². The normalized spacial score (nSPS) is 12.4. The number of carbonyl (C=O) groups is 1. The quantitative estimate of drug-likeness (QED) is 0.451. The molecule has 0 aromatic heterocycles. The predicted molar refractivity (Wildman–Crippen MR) is 130 cm³/mol. The summed E-state index contributed by atoms with van der Waals surface area (Å²) in [6.45, 7) is 2.71. The molecule has 3 aromatic carbocycles. The molecule has 1 atom stereocenters. The molecule has 0 bridgehead atoms. The van der Waals surface area contributed by atoms with Crippen molar-refractivity contribution in [1.82, 2.24) is 9.62 Å². The number of hydrogen-bond acceptors (Lipinski definition) is 4. The third-order valence-corrected chi connectivity index (χ3v) is 7.53. The van der Waals surface area contributed by atoms with Gasteiger partial charge in [-0.2, -0.15) is 4.31 Å². The van der Waals surface area contributed by atoms with Crippen LogP contribution in [0.2, 0.25) is 5.02 Å². The molecule has 3 aromatic rings. The van der Waals surface area contributed by atoms with Gasteiger partial charge in [0.1, 0.15) is 11.6 Å². The summed E-state index contributed by atoms with van der Waals surface area (Å²) >= 11 is 6.14. The maximum Gasteiger partial charge on any atom is 0.243 e. The largest absolute Gasteiger partial charge is 0.497 e. The average molecular weight is 505 g/mol. The van der Waals surface area contributed by atoms with Crippen molar-refractivity contribution in [1.29, 1.82) is 0 Å². The standard InChI is InChI=1S/C25H26ClFN2O4S/c1-17-7-13-21(14-8-17)34(31,32)29(15-22-23(26)5-4-6-24(22)27)16-25(30)28-18(2)19-9-11-20(33-3)12-10-19/h4-14,18H,15-16H2,1-3H3,(H,28,30)/t18-/m0/s1. The molecule has 0 fully saturated rings. The Balaban J connectivity index is 1.86. The number of nitrogens with one attached hydrogen (secondary N) is 1. The smallest absolute Gasteiger partial charge is 0.243 e. The average Bonchev–Trinajstić information content (AvgIpc) is 2.81. The number of hydrogen-bond donors (Lipinski definition) is 1. The van der Waals surface area contributed by atoms with Crippen molar-refractivity contribution in [2.45, 2.75) is 31.3 Å². The second-order valence-electron chi connectivity index (χ2n) is 7.85. The summed E-state index contributed by atoms with van der Waals surface area (Å²) in [5.74, 6) is -0.505. The van der Waals surface area contributed by atoms with E-state index in [4.69, 9.17) is 16.3 Å². The molecule has 3 rings (SSSR count). The van der Waals surface area contributed by atoms with Crippen LogP contribution in [0.25, 0.3) is 0 Å². The van der Waals surface area contributed by atoms with Crippen LogP contribution < -0.4 is 10.1 Å². The van der Waals surface area contributed by atoms with Crippen molar-refractivity contribution in [3.63, 3.8) is 0 Å². The predicted octanol–water partition coefficient (Wildman–Crippen LogP) is 4.86. The number of carbonyl (C=O) groups excluding carboxylic acids is 1. The van der Waals surface area contributed by atoms with E-state index in [1.165, 1.54) is 30.3 Å². The van der Waals surface area contributed by atoms with E-state index in [1.54, 1.807) is 38.3 Å². The lowest BCUT2D eigenvalue weighted by Gasteiger charge is -2.24. The Kier molecular flexibility index (Phi) is 8.30. The molecule has 0 heterocycles. The fourth-order valence-electron chi connectivity index (χ4n) is 3.37. The molecule has 34 heavy (non-hydrogen) atoms. The van der Waals surface area contributed by atoms with Gasteiger partial charge in [0.15, 0.2) is 0 Å². The van der Waals surface area contributed by atoms with Crippen LogP contribution in [0.15, 0.2) is 71.6 Å². The maximum atomic E-state index is 14.5. The van der Waals surface area contributed by atoms with Crippen molar-refractivity contribution >= 4 is 27.5 Å². The topological polar surface area (TPSA) is 75.7 Å². The summed E-state index contributed by atoms with van der Waals surface area (Å²) < 4.78 is 47.3. The lowest BCUT2D eigenvalue weighted by molar-refractivity contribution is -0.122. The zero-order chi connectivity index (χ0) is 24.9. The Bertz CT molecular complexity index is 1230. The first-order valence-corrected chi connectivity index (χ1v) is 12.4. The Morgan fingerprint density at radius 2 is 1.74 bits per heavy atom. The fourth-order valence-corrected chi connectivity index (χ4v) is 4.96. The molecule has 1 amide bonds. The highest BCUT2D eigenvalue weighted by Gasteiger charge is 2.29. The van der Waals surface area contributed by atoms with E-state index in [0.717, 1.165) is 15.4 Å². The molecule has 0 radical (unpaired) electrons. The Morgan fingerprint density at radius 1 is 1.09 bits per heavy atom. The third-order valence-electron chi connectivity index (χ3n) is 5.37. The van der Waals surface area contributed by atoms with E-state index in [2.05, 4.69) is 5.32 Å². The molecule has 0 saturated heterocycles. The molecule has 9 heteroatoms. The van der Waals surface area contributed by atoms with E-state index in [9.17, 15) is 17.6 Å². The first-order chi connectivity index (χ1) is 16.1. The van der Waals surface area contributed by atoms with Crippen LogP contribution in [-0.4, -0.2) is 32.3 Å². The summed E-state index contributed by atoms with van der Waals surface area (Å²) in [6, 6.07) is 17.1. The minimum atomic E-state index is -4.12. The van der Waals surface area contributed by atoms with Gasteiger partial charge in [-0.3, -0.25) is 4.79 Å². The van der Waals surface area contributed by atoms with Gasteiger partial charge in [-0.1, -0.05) is 47.5 Å². The number of halogens is 2. The lowest BCUT2D eigenvalue weighted by Crippen LogP contribution is -2.41. The van der Waals surface area contributed by atoms with Crippen LogP contribution in [0.4, 0.5) is 4.39 Å². The van der Waals surface area contributed by atoms with Crippen molar-refractivity contribution in [3.05, 3.63) is 94.3 Å². The zero-order valence-electron chi connectivity index (χ0n) is 19.1. The highest BCUT2D eigenvalue weighted by molar-refractivity contribution is 7.89. The van der Waals surface area contributed by atoms with Crippen molar-refractivity contribution in [2.75, 3.05) is 13.7 Å². The minimum Gasteiger partial charge on any atom is -0.497 e. The molecule has 0 aliphatic rings. The summed E-state index contributed by atoms with van der Waals surface area (Å²) in [4.78, 5) is 12.9. The van der Waals surface area contributed by atoms with Crippen LogP contribution in [0.1, 0.15) is 29.7 Å². The summed E-state index contributed by atoms with van der Waals surface area (Å²) in [7, 11) is -2.56. The number of ether oxygens (including phenoxy) is 1. The number of amides is 1. The molecular weight excluding hydrogens is 479 g/mol. The highest BCUT2D eigenvalue weighted by Crippen LogP contribution is 2.25. The molecule has 0 unspecified atom stereocenters. The number of nitrogens with zero attached hydrogens (tertiary/aromatic N) is 1. The lowest BCUT2D eigenvalue weighted by atomic mass is 10.1. The van der Waals surface area contributed by atoms with Gasteiger partial charge in [-0.15, -0.1) is 0 Å². The summed E-state index contributed by atoms with van der Waals surface area (Å²) in [5.41, 5.74) is 1.70. The van der Waals surface area contributed by atoms with Gasteiger partial charge in [-0.25, -0.2) is 12.8 Å². The van der Waals surface area contributed by atoms with Gasteiger partial charge < -0.3 is 10.1 Å². The number of methoxy groups -OCH3 is 1. The summed E-state index contributed by atoms with van der Waals surface area (Å²) in [5, 5.41) is 2.88. The van der Waals surface area contributed by atoms with E-state index in [0.29, 0.717) is 5.75 Å². The molecule has 6 nitrogen and oxygen atoms in total. The van der Waals surface area contributed by atoms with Gasteiger partial charge >= 0.3 is 0 Å². The van der Waals surface area contributed by atoms with Crippen molar-refractivity contribution in [2.24, 2.45) is 0 Å². The minimum absolute atomic E-state index is 0.00145. The number of rotatable bonds is 9. The molecule has 1 N–H and O–H groups in total. The molecule has 180 valence electrons. The number of aryl methyl sites for hydroxylation is 1. The number of benzene rings is 3. The molecule has 0 aliphatic carbocycles. The van der Waals surface area contributed by atoms with E-state index < -0.39 is 34.8 Å². The fraction of sp³-hybridized carbons (Fsp3) is 0.240. The second kappa shape index (κ2) is 11.0. The van der Waals surface area contributed by atoms with Crippen molar-refractivity contribution < 1.29 is 22.3 Å². The SMILES string of the molecule is COc1ccc([C@H](C)NC(=O)CN(Cc2c(F)cccc2Cl)S(=O)(=O)c2ccc(C)cc2)cc1. The van der Waals surface area contributed by atoms with Gasteiger partial charge in [-0.05, 0) is 55.8 Å². The zero-order valence-corrected chi connectivity index (χ0v) is 20.7. The van der Waals surface area contributed by atoms with E-state index in [-0.39, 0.29) is 21.5 Å². The molecule has 0 saturated carbocycles. The van der Waals surface area contributed by atoms with E-state index >= 15 is 0 Å². The van der Waals surface area contributed by atoms with E-state index in [1.807, 2.05) is 19.1 Å². The molecule has 0 aliphatic heterocycles. The first kappa shape index (κ1) is 25.7. The monoisotopic (exact) mass is 504 g/mol. The third kappa shape index (κ3) is 6.14. The maximum absolute atomic E-state index is 14.5. The van der Waals surface area contributed by atoms with Crippen LogP contribution in [0.3, 0.4) is 0 Å². The van der Waals surface area contributed by atoms with Gasteiger partial charge in [0.2, 0.25) is 15.9 Å². The first-order valence-electron chi connectivity index (χ1n) is 10.5. The Morgan fingerprint density at radius 3 is 2.32 bits per heavy atom.